The molecule has 28 heavy (non-hydrogen) atoms. The smallest absolute Gasteiger partial charge is 0.263 e. The van der Waals surface area contributed by atoms with Crippen molar-refractivity contribution in [3.63, 3.8) is 0 Å². The zero-order valence-electron chi connectivity index (χ0n) is 16.3. The Morgan fingerprint density at radius 1 is 1.32 bits per heavy atom. The summed E-state index contributed by atoms with van der Waals surface area (Å²) in [7, 11) is 1.89. The molecule has 3 rings (SSSR count). The van der Waals surface area contributed by atoms with Crippen LogP contribution in [0, 0.1) is 6.92 Å². The molecule has 0 aromatic carbocycles. The highest BCUT2D eigenvalue weighted by Crippen LogP contribution is 2.17. The third-order valence-electron chi connectivity index (χ3n) is 4.94. The number of carbonyl (C=O) groups excluding carboxylic acids is 1. The molecule has 0 radical (unpaired) electrons. The maximum atomic E-state index is 12.9. The Kier molecular flexibility index (Phi) is 9.72. The quantitative estimate of drug-likeness (QED) is 0.688. The highest BCUT2D eigenvalue weighted by Gasteiger charge is 2.21. The maximum absolute atomic E-state index is 12.9. The van der Waals surface area contributed by atoms with E-state index in [0.717, 1.165) is 49.9 Å². The first-order valence-corrected chi connectivity index (χ1v) is 9.24. The number of hydrogen-bond acceptors (Lipinski definition) is 4. The average Bonchev–Trinajstić information content (AvgIpc) is 3.05. The van der Waals surface area contributed by atoms with Gasteiger partial charge < -0.3 is 15.2 Å². The standard InChI is InChI=1S/C19H27N5O2.2ClH/c1-14-7-11-24(16-5-9-20-10-6-16)19(26)17(14)18(25)21-8-3-4-15-12-22-23(2)13-15;;/h7,11-13,16,20H,3-6,8-10H2,1-2H3,(H,21,25);2*1H. The molecular weight excluding hydrogens is 401 g/mol. The molecule has 1 aliphatic rings. The van der Waals surface area contributed by atoms with Crippen LogP contribution >= 0.6 is 24.8 Å². The predicted octanol–water partition coefficient (Wildman–Crippen LogP) is 2.02. The molecule has 2 N–H and O–H groups in total. The highest BCUT2D eigenvalue weighted by molar-refractivity contribution is 5.95. The number of carbonyl (C=O) groups is 1. The van der Waals surface area contributed by atoms with E-state index in [9.17, 15) is 9.59 Å². The van der Waals surface area contributed by atoms with Crippen molar-refractivity contribution in [3.05, 3.63) is 51.7 Å². The van der Waals surface area contributed by atoms with Gasteiger partial charge in [-0.15, -0.1) is 24.8 Å². The van der Waals surface area contributed by atoms with Crippen molar-refractivity contribution in [1.82, 2.24) is 25.0 Å². The van der Waals surface area contributed by atoms with Crippen LogP contribution in [0.5, 0.6) is 0 Å². The van der Waals surface area contributed by atoms with Crippen LogP contribution in [0.3, 0.4) is 0 Å². The number of nitrogens with zero attached hydrogens (tertiary/aromatic N) is 3. The van der Waals surface area contributed by atoms with Crippen LogP contribution < -0.4 is 16.2 Å². The minimum absolute atomic E-state index is 0. The SMILES string of the molecule is Cc1ccn(C2CCNCC2)c(=O)c1C(=O)NCCCc1cnn(C)c1.Cl.Cl. The third kappa shape index (κ3) is 5.83. The summed E-state index contributed by atoms with van der Waals surface area (Å²) in [5, 5.41) is 10.3. The van der Waals surface area contributed by atoms with Crippen LogP contribution in [0.1, 0.15) is 46.8 Å². The fourth-order valence-electron chi connectivity index (χ4n) is 3.47. The van der Waals surface area contributed by atoms with Crippen LogP contribution in [0.25, 0.3) is 0 Å². The maximum Gasteiger partial charge on any atom is 0.263 e. The molecule has 0 spiro atoms. The van der Waals surface area contributed by atoms with E-state index < -0.39 is 0 Å². The summed E-state index contributed by atoms with van der Waals surface area (Å²) in [4.78, 5) is 25.4. The van der Waals surface area contributed by atoms with Crippen molar-refractivity contribution in [1.29, 1.82) is 0 Å². The average molecular weight is 430 g/mol. The van der Waals surface area contributed by atoms with Gasteiger partial charge in [0.1, 0.15) is 5.56 Å². The molecule has 156 valence electrons. The second-order valence-electron chi connectivity index (χ2n) is 6.95. The molecule has 3 heterocycles. The molecule has 0 atom stereocenters. The van der Waals surface area contributed by atoms with Gasteiger partial charge in [-0.25, -0.2) is 0 Å². The minimum atomic E-state index is -0.276. The van der Waals surface area contributed by atoms with Crippen molar-refractivity contribution in [2.24, 2.45) is 7.05 Å². The molecule has 1 amide bonds. The van der Waals surface area contributed by atoms with E-state index in [4.69, 9.17) is 0 Å². The molecule has 7 nitrogen and oxygen atoms in total. The van der Waals surface area contributed by atoms with Crippen LogP contribution in [0.2, 0.25) is 0 Å². The second-order valence-corrected chi connectivity index (χ2v) is 6.95. The number of amides is 1. The van der Waals surface area contributed by atoms with Crippen LogP contribution in [0.15, 0.2) is 29.5 Å². The number of aryl methyl sites for hydroxylation is 3. The van der Waals surface area contributed by atoms with Crippen molar-refractivity contribution < 1.29 is 4.79 Å². The highest BCUT2D eigenvalue weighted by atomic mass is 35.5. The summed E-state index contributed by atoms with van der Waals surface area (Å²) in [5.41, 5.74) is 1.96. The molecule has 1 saturated heterocycles. The Morgan fingerprint density at radius 2 is 2.04 bits per heavy atom. The van der Waals surface area contributed by atoms with Crippen molar-refractivity contribution in [2.45, 2.75) is 38.6 Å². The molecule has 0 bridgehead atoms. The third-order valence-corrected chi connectivity index (χ3v) is 4.94. The zero-order valence-corrected chi connectivity index (χ0v) is 17.9. The van der Waals surface area contributed by atoms with Gasteiger partial charge in [0.15, 0.2) is 0 Å². The summed E-state index contributed by atoms with van der Waals surface area (Å²) in [6.45, 7) is 4.16. The summed E-state index contributed by atoms with van der Waals surface area (Å²) in [5.74, 6) is -0.276. The lowest BCUT2D eigenvalue weighted by atomic mass is 10.0. The largest absolute Gasteiger partial charge is 0.352 e. The van der Waals surface area contributed by atoms with Crippen LogP contribution in [-0.2, 0) is 13.5 Å². The van der Waals surface area contributed by atoms with Gasteiger partial charge in [-0.3, -0.25) is 14.3 Å². The van der Waals surface area contributed by atoms with Gasteiger partial charge in [-0.1, -0.05) is 0 Å². The van der Waals surface area contributed by atoms with E-state index in [0.29, 0.717) is 6.54 Å². The van der Waals surface area contributed by atoms with Crippen molar-refractivity contribution >= 4 is 30.7 Å². The minimum Gasteiger partial charge on any atom is -0.352 e. The van der Waals surface area contributed by atoms with E-state index in [-0.39, 0.29) is 47.9 Å². The van der Waals surface area contributed by atoms with Gasteiger partial charge in [-0.2, -0.15) is 5.10 Å². The second kappa shape index (κ2) is 11.2. The lowest BCUT2D eigenvalue weighted by Gasteiger charge is -2.25. The van der Waals surface area contributed by atoms with E-state index in [1.807, 2.05) is 38.6 Å². The monoisotopic (exact) mass is 429 g/mol. The van der Waals surface area contributed by atoms with Crippen molar-refractivity contribution in [3.8, 4) is 0 Å². The first-order chi connectivity index (χ1) is 12.6. The number of hydrogen-bond donors (Lipinski definition) is 2. The fourth-order valence-corrected chi connectivity index (χ4v) is 3.47. The Bertz CT molecular complexity index is 828. The van der Waals surface area contributed by atoms with E-state index >= 15 is 0 Å². The summed E-state index contributed by atoms with van der Waals surface area (Å²) < 4.78 is 3.50. The van der Waals surface area contributed by atoms with Gasteiger partial charge >= 0.3 is 0 Å². The number of pyridine rings is 1. The summed E-state index contributed by atoms with van der Waals surface area (Å²) >= 11 is 0. The molecule has 0 aliphatic carbocycles. The number of rotatable bonds is 6. The van der Waals surface area contributed by atoms with Gasteiger partial charge in [-0.05, 0) is 62.9 Å². The molecule has 9 heteroatoms. The molecule has 1 fully saturated rings. The van der Waals surface area contributed by atoms with Crippen LogP contribution in [-0.4, -0.2) is 39.9 Å². The van der Waals surface area contributed by atoms with E-state index in [1.54, 1.807) is 9.25 Å². The molecule has 2 aromatic rings. The first-order valence-electron chi connectivity index (χ1n) is 9.24. The summed E-state index contributed by atoms with van der Waals surface area (Å²) in [6, 6.07) is 2.04. The molecule has 0 unspecified atom stereocenters. The Morgan fingerprint density at radius 3 is 2.68 bits per heavy atom. The lowest BCUT2D eigenvalue weighted by Crippen LogP contribution is -2.38. The molecule has 2 aromatic heterocycles. The number of halogens is 2. The van der Waals surface area contributed by atoms with E-state index in [1.165, 1.54) is 0 Å². The summed E-state index contributed by atoms with van der Waals surface area (Å²) in [6.07, 6.45) is 9.12. The normalized spacial score (nSPS) is 14.1. The number of aromatic nitrogens is 3. The Hall–Kier alpha value is -1.83. The van der Waals surface area contributed by atoms with Crippen molar-refractivity contribution in [2.75, 3.05) is 19.6 Å². The first kappa shape index (κ1) is 24.2. The van der Waals surface area contributed by atoms with Gasteiger partial charge in [0, 0.05) is 32.0 Å². The van der Waals surface area contributed by atoms with E-state index in [2.05, 4.69) is 15.7 Å². The Balaban J connectivity index is 0.00000196. The molecule has 0 saturated carbocycles. The fraction of sp³-hybridized carbons (Fsp3) is 0.526. The zero-order chi connectivity index (χ0) is 18.5. The Labute approximate surface area is 177 Å². The predicted molar refractivity (Wildman–Crippen MR) is 115 cm³/mol. The molecule has 1 aliphatic heterocycles. The lowest BCUT2D eigenvalue weighted by molar-refractivity contribution is 0.0950. The van der Waals surface area contributed by atoms with Gasteiger partial charge in [0.25, 0.3) is 11.5 Å². The van der Waals surface area contributed by atoms with Gasteiger partial charge in [0.2, 0.25) is 0 Å². The number of piperidine rings is 1. The number of nitrogens with one attached hydrogen (secondary N) is 2. The van der Waals surface area contributed by atoms with Crippen LogP contribution in [0.4, 0.5) is 0 Å². The topological polar surface area (TPSA) is 81.0 Å². The molecular formula is C19H29Cl2N5O2. The van der Waals surface area contributed by atoms with Gasteiger partial charge in [0.05, 0.1) is 6.20 Å².